The molecule has 3 aliphatic rings. The first-order valence-corrected chi connectivity index (χ1v) is 7.92. The Morgan fingerprint density at radius 1 is 1.11 bits per heavy atom. The van der Waals surface area contributed by atoms with Gasteiger partial charge in [-0.3, -0.25) is 4.79 Å². The number of hydrogen-bond donors (Lipinski definition) is 0. The van der Waals surface area contributed by atoms with Crippen LogP contribution in [-0.2, 0) is 9.53 Å². The van der Waals surface area contributed by atoms with Gasteiger partial charge in [0.2, 0.25) is 0 Å². The molecule has 0 heterocycles. The van der Waals surface area contributed by atoms with Crippen LogP contribution in [0.2, 0.25) is 0 Å². The fraction of sp³-hybridized carbons (Fsp3) is 0.941. The summed E-state index contributed by atoms with van der Waals surface area (Å²) in [6.45, 7) is 11.0. The zero-order valence-corrected chi connectivity index (χ0v) is 13.1. The number of ether oxygens (including phenoxy) is 1. The number of esters is 1. The molecular formula is C17H28O2. The van der Waals surface area contributed by atoms with Gasteiger partial charge >= 0.3 is 5.97 Å². The van der Waals surface area contributed by atoms with Crippen LogP contribution in [0, 0.1) is 28.6 Å². The third kappa shape index (κ3) is 1.58. The van der Waals surface area contributed by atoms with E-state index >= 15 is 0 Å². The Morgan fingerprint density at radius 2 is 1.79 bits per heavy atom. The van der Waals surface area contributed by atoms with E-state index in [2.05, 4.69) is 27.7 Å². The molecular weight excluding hydrogens is 236 g/mol. The molecule has 0 aromatic heterocycles. The van der Waals surface area contributed by atoms with Gasteiger partial charge in [-0.25, -0.2) is 0 Å². The zero-order chi connectivity index (χ0) is 14.1. The van der Waals surface area contributed by atoms with Gasteiger partial charge in [-0.05, 0) is 61.7 Å². The van der Waals surface area contributed by atoms with Gasteiger partial charge in [0.1, 0.15) is 5.60 Å². The summed E-state index contributed by atoms with van der Waals surface area (Å²) in [5.74, 6) is 2.10. The molecule has 0 radical (unpaired) electrons. The minimum Gasteiger partial charge on any atom is -0.459 e. The summed E-state index contributed by atoms with van der Waals surface area (Å²) in [4.78, 5) is 11.5. The highest BCUT2D eigenvalue weighted by molar-refractivity contribution is 5.66. The molecule has 3 saturated carbocycles. The first kappa shape index (κ1) is 13.5. The summed E-state index contributed by atoms with van der Waals surface area (Å²) < 4.78 is 5.80. The van der Waals surface area contributed by atoms with Gasteiger partial charge in [-0.2, -0.15) is 0 Å². The number of fused-ring (bicyclic) bond motifs is 1. The molecule has 0 N–H and O–H groups in total. The number of hydrogen-bond acceptors (Lipinski definition) is 2. The van der Waals surface area contributed by atoms with Crippen LogP contribution in [0.3, 0.4) is 0 Å². The normalized spacial score (nSPS) is 50.9. The molecule has 2 heteroatoms. The van der Waals surface area contributed by atoms with Gasteiger partial charge in [-0.1, -0.05) is 20.8 Å². The Kier molecular flexibility index (Phi) is 2.67. The molecule has 0 saturated heterocycles. The second-order valence-corrected chi connectivity index (χ2v) is 8.25. The molecule has 2 bridgehead atoms. The van der Waals surface area contributed by atoms with Crippen LogP contribution in [0.4, 0.5) is 0 Å². The maximum absolute atomic E-state index is 11.5. The van der Waals surface area contributed by atoms with Gasteiger partial charge < -0.3 is 4.74 Å². The third-order valence-electron chi connectivity index (χ3n) is 7.15. The minimum absolute atomic E-state index is 0.112. The van der Waals surface area contributed by atoms with Crippen molar-refractivity contribution in [3.63, 3.8) is 0 Å². The summed E-state index contributed by atoms with van der Waals surface area (Å²) >= 11 is 0. The second kappa shape index (κ2) is 3.77. The maximum Gasteiger partial charge on any atom is 0.303 e. The lowest BCUT2D eigenvalue weighted by Crippen LogP contribution is -2.47. The second-order valence-electron chi connectivity index (χ2n) is 8.25. The van der Waals surface area contributed by atoms with Crippen molar-refractivity contribution >= 4 is 5.97 Å². The van der Waals surface area contributed by atoms with E-state index in [1.165, 1.54) is 25.7 Å². The van der Waals surface area contributed by atoms with Crippen molar-refractivity contribution in [1.82, 2.24) is 0 Å². The van der Waals surface area contributed by atoms with E-state index in [4.69, 9.17) is 4.74 Å². The summed E-state index contributed by atoms with van der Waals surface area (Å²) in [5.41, 5.74) is 0.629. The van der Waals surface area contributed by atoms with Crippen molar-refractivity contribution in [2.24, 2.45) is 28.6 Å². The lowest BCUT2D eigenvalue weighted by Gasteiger charge is -2.46. The van der Waals surface area contributed by atoms with Crippen molar-refractivity contribution in [2.75, 3.05) is 0 Å². The van der Waals surface area contributed by atoms with Gasteiger partial charge in [0, 0.05) is 12.8 Å². The van der Waals surface area contributed by atoms with E-state index in [9.17, 15) is 4.79 Å². The summed E-state index contributed by atoms with van der Waals surface area (Å²) in [5, 5.41) is 0. The highest BCUT2D eigenvalue weighted by Crippen LogP contribution is 2.73. The quantitative estimate of drug-likeness (QED) is 0.664. The van der Waals surface area contributed by atoms with Crippen molar-refractivity contribution in [1.29, 1.82) is 0 Å². The largest absolute Gasteiger partial charge is 0.459 e. The van der Waals surface area contributed by atoms with Crippen molar-refractivity contribution < 1.29 is 9.53 Å². The lowest BCUT2D eigenvalue weighted by molar-refractivity contribution is -0.171. The highest BCUT2D eigenvalue weighted by atomic mass is 16.6. The molecule has 5 atom stereocenters. The molecule has 3 fully saturated rings. The van der Waals surface area contributed by atoms with Gasteiger partial charge in [-0.15, -0.1) is 0 Å². The smallest absolute Gasteiger partial charge is 0.303 e. The predicted molar refractivity (Wildman–Crippen MR) is 75.6 cm³/mol. The number of carbonyl (C=O) groups excluding carboxylic acids is 1. The molecule has 3 rings (SSSR count). The van der Waals surface area contributed by atoms with Gasteiger partial charge in [0.25, 0.3) is 0 Å². The monoisotopic (exact) mass is 264 g/mol. The molecule has 0 aliphatic heterocycles. The maximum atomic E-state index is 11.5. The molecule has 19 heavy (non-hydrogen) atoms. The van der Waals surface area contributed by atoms with E-state index < -0.39 is 0 Å². The van der Waals surface area contributed by atoms with E-state index in [1.807, 2.05) is 0 Å². The number of rotatable bonds is 1. The molecule has 2 nitrogen and oxygen atoms in total. The van der Waals surface area contributed by atoms with Crippen LogP contribution < -0.4 is 0 Å². The first-order valence-electron chi connectivity index (χ1n) is 7.92. The van der Waals surface area contributed by atoms with E-state index in [0.717, 1.165) is 18.3 Å². The van der Waals surface area contributed by atoms with Crippen molar-refractivity contribution in [3.05, 3.63) is 0 Å². The van der Waals surface area contributed by atoms with E-state index in [-0.39, 0.29) is 11.6 Å². The standard InChI is InChI=1S/C17H28O2/c1-11-6-7-13-15(3,4)14-10-17(11,13)9-8-16(14,5)19-12(2)18/h11,13-14H,6-10H2,1-5H3/t11-,13+,14?,16-,17+/m1/s1. The molecule has 3 aliphatic carbocycles. The first-order chi connectivity index (χ1) is 8.72. The summed E-state index contributed by atoms with van der Waals surface area (Å²) in [7, 11) is 0. The van der Waals surface area contributed by atoms with Crippen molar-refractivity contribution in [3.8, 4) is 0 Å². The predicted octanol–water partition coefficient (Wildman–Crippen LogP) is 4.18. The SMILES string of the molecule is CC(=O)O[C@]1(C)CC[C@@]23CC1C(C)(C)[C@@H]2CC[C@H]3C. The van der Waals surface area contributed by atoms with Crippen LogP contribution >= 0.6 is 0 Å². The molecule has 0 aromatic rings. The topological polar surface area (TPSA) is 26.3 Å². The van der Waals surface area contributed by atoms with Crippen molar-refractivity contribution in [2.45, 2.75) is 72.3 Å². The summed E-state index contributed by atoms with van der Waals surface area (Å²) in [6.07, 6.45) is 6.35. The summed E-state index contributed by atoms with van der Waals surface area (Å²) in [6, 6.07) is 0. The molecule has 108 valence electrons. The van der Waals surface area contributed by atoms with Crippen LogP contribution in [0.1, 0.15) is 66.7 Å². The van der Waals surface area contributed by atoms with Crippen LogP contribution in [0.15, 0.2) is 0 Å². The highest BCUT2D eigenvalue weighted by Gasteiger charge is 2.68. The Bertz CT molecular complexity index is 413. The molecule has 1 spiro atoms. The fourth-order valence-corrected chi connectivity index (χ4v) is 6.31. The van der Waals surface area contributed by atoms with Gasteiger partial charge in [0.15, 0.2) is 0 Å². The van der Waals surface area contributed by atoms with Gasteiger partial charge in [0.05, 0.1) is 0 Å². The Hall–Kier alpha value is -0.530. The fourth-order valence-electron chi connectivity index (χ4n) is 6.31. The van der Waals surface area contributed by atoms with E-state index in [0.29, 0.717) is 16.7 Å². The van der Waals surface area contributed by atoms with E-state index in [1.54, 1.807) is 6.92 Å². The molecule has 0 aromatic carbocycles. The van der Waals surface area contributed by atoms with Crippen LogP contribution in [0.25, 0.3) is 0 Å². The third-order valence-corrected chi connectivity index (χ3v) is 7.15. The minimum atomic E-state index is -0.232. The lowest BCUT2D eigenvalue weighted by atomic mass is 9.64. The zero-order valence-electron chi connectivity index (χ0n) is 13.1. The number of carbonyl (C=O) groups is 1. The average Bonchev–Trinajstić information content (AvgIpc) is 2.69. The Morgan fingerprint density at radius 3 is 2.42 bits per heavy atom. The molecule has 1 unspecified atom stereocenters. The average molecular weight is 264 g/mol. The molecule has 0 amide bonds. The van der Waals surface area contributed by atoms with Crippen LogP contribution in [0.5, 0.6) is 0 Å². The Labute approximate surface area is 117 Å². The van der Waals surface area contributed by atoms with Crippen LogP contribution in [-0.4, -0.2) is 11.6 Å². The Balaban J connectivity index is 1.99.